The molecule has 0 aromatic rings. The van der Waals surface area contributed by atoms with Crippen LogP contribution >= 0.6 is 0 Å². The number of imide groups is 1. The summed E-state index contributed by atoms with van der Waals surface area (Å²) in [5, 5.41) is 5.67. The van der Waals surface area contributed by atoms with E-state index in [1.165, 1.54) is 6.42 Å². The summed E-state index contributed by atoms with van der Waals surface area (Å²) in [7, 11) is 0. The summed E-state index contributed by atoms with van der Waals surface area (Å²) in [5.41, 5.74) is -0.831. The Morgan fingerprint density at radius 1 is 1.24 bits per heavy atom. The van der Waals surface area contributed by atoms with Crippen LogP contribution in [0.15, 0.2) is 0 Å². The molecule has 2 aliphatic rings. The maximum Gasteiger partial charge on any atom is 0.325 e. The molecule has 6 nitrogen and oxygen atoms in total. The number of nitrogens with zero attached hydrogens (tertiary/aromatic N) is 1. The number of carbonyl (C=O) groups is 3. The molecular weight excluding hydrogens is 270 g/mol. The van der Waals surface area contributed by atoms with Crippen molar-refractivity contribution in [1.82, 2.24) is 15.5 Å². The second-order valence-electron chi connectivity index (χ2n) is 6.01. The lowest BCUT2D eigenvalue weighted by Crippen LogP contribution is -2.47. The van der Waals surface area contributed by atoms with Crippen molar-refractivity contribution in [3.8, 4) is 0 Å². The molecule has 0 aromatic carbocycles. The van der Waals surface area contributed by atoms with Crippen LogP contribution < -0.4 is 10.6 Å². The molecular formula is C15H25N3O3. The third-order valence-electron chi connectivity index (χ3n) is 4.73. The van der Waals surface area contributed by atoms with E-state index in [2.05, 4.69) is 10.6 Å². The SMILES string of the molecule is CCC1(CC)NC(=O)N(CC(=O)NC2CCCCC2)C1=O. The summed E-state index contributed by atoms with van der Waals surface area (Å²) in [6, 6.07) is -0.267. The van der Waals surface area contributed by atoms with E-state index in [0.29, 0.717) is 12.8 Å². The predicted octanol–water partition coefficient (Wildman–Crippen LogP) is 1.55. The summed E-state index contributed by atoms with van der Waals surface area (Å²) in [6.07, 6.45) is 6.52. The third kappa shape index (κ3) is 3.19. The Balaban J connectivity index is 1.94. The zero-order valence-electron chi connectivity index (χ0n) is 12.9. The van der Waals surface area contributed by atoms with Crippen molar-refractivity contribution in [2.45, 2.75) is 70.4 Å². The number of rotatable bonds is 5. The maximum atomic E-state index is 12.4. The molecule has 21 heavy (non-hydrogen) atoms. The predicted molar refractivity (Wildman–Crippen MR) is 78.6 cm³/mol. The minimum Gasteiger partial charge on any atom is -0.352 e. The lowest BCUT2D eigenvalue weighted by Gasteiger charge is -2.25. The van der Waals surface area contributed by atoms with Gasteiger partial charge in [-0.05, 0) is 25.7 Å². The van der Waals surface area contributed by atoms with Crippen LogP contribution in [0.5, 0.6) is 0 Å². The van der Waals surface area contributed by atoms with Crippen LogP contribution in [0, 0.1) is 0 Å². The van der Waals surface area contributed by atoms with Gasteiger partial charge in [-0.25, -0.2) is 4.79 Å². The molecule has 118 valence electrons. The molecule has 0 unspecified atom stereocenters. The molecule has 0 bridgehead atoms. The molecule has 0 atom stereocenters. The normalized spacial score (nSPS) is 22.3. The highest BCUT2D eigenvalue weighted by molar-refractivity contribution is 6.08. The first-order chi connectivity index (χ1) is 10.0. The molecule has 1 heterocycles. The maximum absolute atomic E-state index is 12.4. The summed E-state index contributed by atoms with van der Waals surface area (Å²) in [5.74, 6) is -0.523. The van der Waals surface area contributed by atoms with E-state index in [9.17, 15) is 14.4 Å². The lowest BCUT2D eigenvalue weighted by molar-refractivity contribution is -0.135. The smallest absolute Gasteiger partial charge is 0.325 e. The fraction of sp³-hybridized carbons (Fsp3) is 0.800. The molecule has 0 radical (unpaired) electrons. The topological polar surface area (TPSA) is 78.5 Å². The van der Waals surface area contributed by atoms with Crippen molar-refractivity contribution in [1.29, 1.82) is 0 Å². The second-order valence-corrected chi connectivity index (χ2v) is 6.01. The van der Waals surface area contributed by atoms with Gasteiger partial charge in [-0.15, -0.1) is 0 Å². The van der Waals surface area contributed by atoms with E-state index >= 15 is 0 Å². The first-order valence-corrected chi connectivity index (χ1v) is 7.96. The number of urea groups is 1. The molecule has 2 N–H and O–H groups in total. The summed E-state index contributed by atoms with van der Waals surface area (Å²) in [4.78, 5) is 37.5. The fourth-order valence-corrected chi connectivity index (χ4v) is 3.21. The summed E-state index contributed by atoms with van der Waals surface area (Å²) >= 11 is 0. The average molecular weight is 295 g/mol. The quantitative estimate of drug-likeness (QED) is 0.755. The van der Waals surface area contributed by atoms with Gasteiger partial charge in [0.15, 0.2) is 0 Å². The molecule has 2 fully saturated rings. The van der Waals surface area contributed by atoms with Gasteiger partial charge < -0.3 is 10.6 Å². The number of hydrogen-bond donors (Lipinski definition) is 2. The van der Waals surface area contributed by atoms with Gasteiger partial charge in [-0.1, -0.05) is 33.1 Å². The van der Waals surface area contributed by atoms with Crippen molar-refractivity contribution in [2.75, 3.05) is 6.54 Å². The van der Waals surface area contributed by atoms with Gasteiger partial charge in [0.1, 0.15) is 12.1 Å². The Morgan fingerprint density at radius 3 is 2.38 bits per heavy atom. The molecule has 1 saturated heterocycles. The van der Waals surface area contributed by atoms with E-state index < -0.39 is 11.6 Å². The van der Waals surface area contributed by atoms with Gasteiger partial charge in [-0.2, -0.15) is 0 Å². The van der Waals surface area contributed by atoms with Crippen LogP contribution in [0.2, 0.25) is 0 Å². The number of hydrogen-bond acceptors (Lipinski definition) is 3. The van der Waals surface area contributed by atoms with E-state index in [1.807, 2.05) is 13.8 Å². The van der Waals surface area contributed by atoms with Gasteiger partial charge in [-0.3, -0.25) is 14.5 Å². The minimum atomic E-state index is -0.831. The first-order valence-electron chi connectivity index (χ1n) is 7.96. The van der Waals surface area contributed by atoms with E-state index in [1.54, 1.807) is 0 Å². The third-order valence-corrected chi connectivity index (χ3v) is 4.73. The van der Waals surface area contributed by atoms with Crippen LogP contribution in [0.1, 0.15) is 58.8 Å². The zero-order valence-corrected chi connectivity index (χ0v) is 12.9. The molecule has 2 rings (SSSR count). The Kier molecular flexibility index (Phi) is 4.85. The second kappa shape index (κ2) is 6.45. The Bertz CT molecular complexity index is 426. The van der Waals surface area contributed by atoms with E-state index in [4.69, 9.17) is 0 Å². The minimum absolute atomic E-state index is 0.178. The van der Waals surface area contributed by atoms with Gasteiger partial charge in [0.05, 0.1) is 0 Å². The van der Waals surface area contributed by atoms with Crippen molar-refractivity contribution >= 4 is 17.8 Å². The number of amides is 4. The number of nitrogens with one attached hydrogen (secondary N) is 2. The Morgan fingerprint density at radius 2 is 1.86 bits per heavy atom. The monoisotopic (exact) mass is 295 g/mol. The lowest BCUT2D eigenvalue weighted by atomic mass is 9.93. The van der Waals surface area contributed by atoms with Gasteiger partial charge >= 0.3 is 6.03 Å². The van der Waals surface area contributed by atoms with E-state index in [0.717, 1.165) is 30.6 Å². The molecule has 1 saturated carbocycles. The molecule has 4 amide bonds. The fourth-order valence-electron chi connectivity index (χ4n) is 3.21. The summed E-state index contributed by atoms with van der Waals surface area (Å²) < 4.78 is 0. The molecule has 0 spiro atoms. The van der Waals surface area contributed by atoms with Crippen LogP contribution in [0.25, 0.3) is 0 Å². The van der Waals surface area contributed by atoms with Crippen LogP contribution in [-0.2, 0) is 9.59 Å². The first kappa shape index (κ1) is 15.8. The zero-order chi connectivity index (χ0) is 15.5. The molecule has 1 aliphatic heterocycles. The van der Waals surface area contributed by atoms with Crippen LogP contribution in [0.4, 0.5) is 4.79 Å². The van der Waals surface area contributed by atoms with Gasteiger partial charge in [0, 0.05) is 6.04 Å². The molecule has 6 heteroatoms. The number of carbonyl (C=O) groups excluding carboxylic acids is 3. The highest BCUT2D eigenvalue weighted by Crippen LogP contribution is 2.24. The summed E-state index contributed by atoms with van der Waals surface area (Å²) in [6.45, 7) is 3.56. The highest BCUT2D eigenvalue weighted by atomic mass is 16.2. The van der Waals surface area contributed by atoms with Crippen molar-refractivity contribution in [2.24, 2.45) is 0 Å². The van der Waals surface area contributed by atoms with Crippen molar-refractivity contribution in [3.05, 3.63) is 0 Å². The largest absolute Gasteiger partial charge is 0.352 e. The van der Waals surface area contributed by atoms with Crippen LogP contribution in [0.3, 0.4) is 0 Å². The Labute approximate surface area is 125 Å². The van der Waals surface area contributed by atoms with Gasteiger partial charge in [0.25, 0.3) is 5.91 Å². The highest BCUT2D eigenvalue weighted by Gasteiger charge is 2.49. The van der Waals surface area contributed by atoms with Crippen molar-refractivity contribution < 1.29 is 14.4 Å². The van der Waals surface area contributed by atoms with Crippen LogP contribution in [-0.4, -0.2) is 40.9 Å². The standard InChI is InChI=1S/C15H25N3O3/c1-3-15(4-2)13(20)18(14(21)17-15)10-12(19)16-11-8-6-5-7-9-11/h11H,3-10H2,1-2H3,(H,16,19)(H,17,21). The van der Waals surface area contributed by atoms with Gasteiger partial charge in [0.2, 0.25) is 5.91 Å². The Hall–Kier alpha value is -1.59. The van der Waals surface area contributed by atoms with E-state index in [-0.39, 0.29) is 24.4 Å². The van der Waals surface area contributed by atoms with Crippen molar-refractivity contribution in [3.63, 3.8) is 0 Å². The molecule has 1 aliphatic carbocycles. The average Bonchev–Trinajstić information content (AvgIpc) is 2.73. The molecule has 0 aromatic heterocycles.